The van der Waals surface area contributed by atoms with E-state index >= 15 is 0 Å². The van der Waals surface area contributed by atoms with Crippen LogP contribution < -0.4 is 4.90 Å². The summed E-state index contributed by atoms with van der Waals surface area (Å²) in [5.74, 6) is 0. The van der Waals surface area contributed by atoms with E-state index in [1.165, 1.54) is 66.1 Å². The lowest BCUT2D eigenvalue weighted by atomic mass is 9.67. The molecule has 1 aliphatic carbocycles. The number of hydrogen-bond acceptors (Lipinski definition) is 2. The fraction of sp³-hybridized carbons (Fsp3) is 0.0175. The highest BCUT2D eigenvalue weighted by atomic mass is 16.3. The number of fused-ring (bicyclic) bond motifs is 8. The summed E-state index contributed by atoms with van der Waals surface area (Å²) in [5.41, 5.74) is 14.5. The summed E-state index contributed by atoms with van der Waals surface area (Å²) in [6.07, 6.45) is 0. The Hall–Kier alpha value is -7.68. The lowest BCUT2D eigenvalue weighted by Gasteiger charge is -2.35. The molecule has 1 heterocycles. The van der Waals surface area contributed by atoms with Gasteiger partial charge in [0.2, 0.25) is 0 Å². The van der Waals surface area contributed by atoms with E-state index in [1.54, 1.807) is 0 Å². The first-order valence-electron chi connectivity index (χ1n) is 20.3. The Balaban J connectivity index is 1.07. The zero-order valence-electron chi connectivity index (χ0n) is 32.2. The average Bonchev–Trinajstić information content (AvgIpc) is 3.82. The first kappa shape index (κ1) is 33.5. The van der Waals surface area contributed by atoms with Crippen LogP contribution in [-0.2, 0) is 5.41 Å². The Kier molecular flexibility index (Phi) is 7.48. The molecular weight excluding hydrogens is 715 g/mol. The quantitative estimate of drug-likeness (QED) is 0.168. The number of rotatable bonds is 6. The molecule has 0 N–H and O–H groups in total. The van der Waals surface area contributed by atoms with E-state index in [-0.39, 0.29) is 0 Å². The molecule has 0 amide bonds. The lowest BCUT2D eigenvalue weighted by molar-refractivity contribution is 0.669. The second-order valence-electron chi connectivity index (χ2n) is 15.7. The van der Waals surface area contributed by atoms with E-state index < -0.39 is 5.41 Å². The van der Waals surface area contributed by atoms with E-state index in [0.29, 0.717) is 0 Å². The van der Waals surface area contributed by atoms with Crippen LogP contribution in [0.1, 0.15) is 22.3 Å². The molecule has 2 heteroatoms. The van der Waals surface area contributed by atoms with Gasteiger partial charge in [-0.05, 0) is 127 Å². The third-order valence-electron chi connectivity index (χ3n) is 12.5. The maximum absolute atomic E-state index is 6.33. The van der Waals surface area contributed by atoms with E-state index in [2.05, 4.69) is 217 Å². The molecule has 0 bridgehead atoms. The van der Waals surface area contributed by atoms with Gasteiger partial charge >= 0.3 is 0 Å². The van der Waals surface area contributed by atoms with Gasteiger partial charge in [-0.2, -0.15) is 0 Å². The number of para-hydroxylation sites is 1. The molecule has 0 spiro atoms. The number of anilines is 3. The topological polar surface area (TPSA) is 16.4 Å². The summed E-state index contributed by atoms with van der Waals surface area (Å²) in [4.78, 5) is 2.42. The zero-order valence-corrected chi connectivity index (χ0v) is 32.2. The van der Waals surface area contributed by atoms with Gasteiger partial charge in [-0.25, -0.2) is 0 Å². The summed E-state index contributed by atoms with van der Waals surface area (Å²) in [6, 6.07) is 82.0. The maximum Gasteiger partial charge on any atom is 0.135 e. The molecule has 2 nitrogen and oxygen atoms in total. The maximum atomic E-state index is 6.33. The second kappa shape index (κ2) is 13.2. The molecule has 59 heavy (non-hydrogen) atoms. The van der Waals surface area contributed by atoms with Crippen molar-refractivity contribution in [3.8, 4) is 22.3 Å². The minimum Gasteiger partial charge on any atom is -0.456 e. The molecule has 0 saturated carbocycles. The molecule has 11 aromatic rings. The van der Waals surface area contributed by atoms with Gasteiger partial charge in [-0.15, -0.1) is 0 Å². The summed E-state index contributed by atoms with van der Waals surface area (Å²) < 4.78 is 6.33. The molecule has 1 aliphatic rings. The van der Waals surface area contributed by atoms with Crippen molar-refractivity contribution in [2.45, 2.75) is 5.41 Å². The summed E-state index contributed by atoms with van der Waals surface area (Å²) in [7, 11) is 0. The number of hydrogen-bond donors (Lipinski definition) is 0. The molecule has 12 rings (SSSR count). The van der Waals surface area contributed by atoms with Crippen molar-refractivity contribution < 1.29 is 4.42 Å². The van der Waals surface area contributed by atoms with Crippen molar-refractivity contribution in [1.82, 2.24) is 0 Å². The van der Waals surface area contributed by atoms with Crippen molar-refractivity contribution >= 4 is 60.5 Å². The highest BCUT2D eigenvalue weighted by Crippen LogP contribution is 2.57. The average molecular weight is 752 g/mol. The Labute approximate surface area is 342 Å². The molecule has 0 saturated heterocycles. The van der Waals surface area contributed by atoms with Gasteiger partial charge in [0.05, 0.1) is 5.41 Å². The van der Waals surface area contributed by atoms with Gasteiger partial charge in [0.25, 0.3) is 0 Å². The predicted octanol–water partition coefficient (Wildman–Crippen LogP) is 15.4. The first-order valence-corrected chi connectivity index (χ1v) is 20.3. The van der Waals surface area contributed by atoms with E-state index in [1.807, 2.05) is 12.1 Å². The van der Waals surface area contributed by atoms with Crippen LogP contribution in [0.4, 0.5) is 17.1 Å². The van der Waals surface area contributed by atoms with Crippen LogP contribution >= 0.6 is 0 Å². The normalized spacial score (nSPS) is 12.9. The SMILES string of the molecule is c1ccc(C2(c3ccccc3)c3ccccc3-c3ccc(N(c4ccc5cc(-c6ccc7ccccc7c6)ccc5c4)c4ccc5oc6ccccc6c5c4)cc32)cc1. The van der Waals surface area contributed by atoms with Crippen LogP contribution in [0.3, 0.4) is 0 Å². The van der Waals surface area contributed by atoms with Crippen LogP contribution in [0.25, 0.3) is 65.7 Å². The Morgan fingerprint density at radius 2 is 0.847 bits per heavy atom. The molecule has 0 fully saturated rings. The van der Waals surface area contributed by atoms with Crippen LogP contribution in [0.5, 0.6) is 0 Å². The minimum atomic E-state index is -0.511. The fourth-order valence-electron chi connectivity index (χ4n) is 9.79. The largest absolute Gasteiger partial charge is 0.456 e. The van der Waals surface area contributed by atoms with E-state index in [0.717, 1.165) is 39.0 Å². The molecule has 0 atom stereocenters. The van der Waals surface area contributed by atoms with Gasteiger partial charge in [-0.3, -0.25) is 0 Å². The van der Waals surface area contributed by atoms with Gasteiger partial charge < -0.3 is 9.32 Å². The number of benzene rings is 10. The van der Waals surface area contributed by atoms with Crippen molar-refractivity contribution in [3.63, 3.8) is 0 Å². The van der Waals surface area contributed by atoms with Crippen LogP contribution in [-0.4, -0.2) is 0 Å². The molecule has 1 aromatic heterocycles. The number of nitrogens with zero attached hydrogens (tertiary/aromatic N) is 1. The second-order valence-corrected chi connectivity index (χ2v) is 15.7. The highest BCUT2D eigenvalue weighted by Gasteiger charge is 2.46. The molecule has 0 unspecified atom stereocenters. The smallest absolute Gasteiger partial charge is 0.135 e. The van der Waals surface area contributed by atoms with Gasteiger partial charge in [0, 0.05) is 27.8 Å². The molecule has 0 aliphatic heterocycles. The summed E-state index contributed by atoms with van der Waals surface area (Å²) in [5, 5.41) is 7.10. The van der Waals surface area contributed by atoms with Crippen molar-refractivity contribution in [2.24, 2.45) is 0 Å². The van der Waals surface area contributed by atoms with E-state index in [4.69, 9.17) is 4.42 Å². The lowest BCUT2D eigenvalue weighted by Crippen LogP contribution is -2.28. The Morgan fingerprint density at radius 1 is 0.322 bits per heavy atom. The zero-order chi connectivity index (χ0) is 38.9. The Morgan fingerprint density at radius 3 is 1.64 bits per heavy atom. The van der Waals surface area contributed by atoms with Gasteiger partial charge in [0.1, 0.15) is 11.2 Å². The first-order chi connectivity index (χ1) is 29.2. The standard InChI is InChI=1S/C57H37NO/c1-3-15-44(16-4-1)57(45-17-5-2-6-18-45)53-21-11-9-19-49(53)50-31-29-48(37-54(50)57)58(47-30-32-56-52(36-47)51-20-10-12-22-55(51)59-56)46-28-27-42-34-41(25-26-43(42)35-46)40-24-23-38-13-7-8-14-39(38)33-40/h1-37H. The Bertz CT molecular complexity index is 3360. The molecule has 10 aromatic carbocycles. The monoisotopic (exact) mass is 751 g/mol. The minimum absolute atomic E-state index is 0.511. The third kappa shape index (κ3) is 5.20. The summed E-state index contributed by atoms with van der Waals surface area (Å²) in [6.45, 7) is 0. The van der Waals surface area contributed by atoms with Crippen LogP contribution in [0.2, 0.25) is 0 Å². The predicted molar refractivity (Wildman–Crippen MR) is 246 cm³/mol. The van der Waals surface area contributed by atoms with Crippen molar-refractivity contribution in [3.05, 3.63) is 247 Å². The van der Waals surface area contributed by atoms with Crippen molar-refractivity contribution in [1.29, 1.82) is 0 Å². The van der Waals surface area contributed by atoms with E-state index in [9.17, 15) is 0 Å². The van der Waals surface area contributed by atoms with Crippen LogP contribution in [0.15, 0.2) is 229 Å². The van der Waals surface area contributed by atoms with Crippen LogP contribution in [0, 0.1) is 0 Å². The summed E-state index contributed by atoms with van der Waals surface area (Å²) >= 11 is 0. The molecule has 0 radical (unpaired) electrons. The number of furan rings is 1. The molecule has 276 valence electrons. The van der Waals surface area contributed by atoms with Crippen molar-refractivity contribution in [2.75, 3.05) is 4.90 Å². The third-order valence-corrected chi connectivity index (χ3v) is 12.5. The van der Waals surface area contributed by atoms with Gasteiger partial charge in [0.15, 0.2) is 0 Å². The van der Waals surface area contributed by atoms with Gasteiger partial charge in [-0.1, -0.05) is 164 Å². The highest BCUT2D eigenvalue weighted by molar-refractivity contribution is 6.07. The molecular formula is C57H37NO. The fourth-order valence-corrected chi connectivity index (χ4v) is 9.79.